The van der Waals surface area contributed by atoms with Crippen molar-refractivity contribution in [2.24, 2.45) is 0 Å². The van der Waals surface area contributed by atoms with E-state index in [0.717, 1.165) is 4.88 Å². The van der Waals surface area contributed by atoms with Crippen molar-refractivity contribution in [3.63, 3.8) is 0 Å². The Morgan fingerprint density at radius 1 is 1.09 bits per heavy atom. The number of aromatic nitrogens is 2. The number of hydrogen-bond donors (Lipinski definition) is 1. The van der Waals surface area contributed by atoms with E-state index in [4.69, 9.17) is 0 Å². The Bertz CT molecular complexity index is 954. The van der Waals surface area contributed by atoms with Crippen molar-refractivity contribution in [3.05, 3.63) is 63.0 Å². The van der Waals surface area contributed by atoms with Gasteiger partial charge in [-0.05, 0) is 18.2 Å². The first-order valence-corrected chi connectivity index (χ1v) is 7.38. The first kappa shape index (κ1) is 12.9. The summed E-state index contributed by atoms with van der Waals surface area (Å²) in [6, 6.07) is 8.43. The van der Waals surface area contributed by atoms with Crippen molar-refractivity contribution in [1.82, 2.24) is 14.9 Å². The van der Waals surface area contributed by atoms with E-state index in [0.29, 0.717) is 21.3 Å². The third kappa shape index (κ3) is 1.79. The lowest BCUT2D eigenvalue weighted by Crippen LogP contribution is -2.28. The molecule has 0 radical (unpaired) electrons. The Morgan fingerprint density at radius 3 is 2.41 bits per heavy atom. The summed E-state index contributed by atoms with van der Waals surface area (Å²) in [5.74, 6) is -0.611. The van der Waals surface area contributed by atoms with Crippen molar-refractivity contribution in [3.8, 4) is 0 Å². The van der Waals surface area contributed by atoms with Gasteiger partial charge in [0.05, 0.1) is 29.4 Å². The molecule has 4 rings (SSSR count). The molecule has 7 heteroatoms. The van der Waals surface area contributed by atoms with Crippen molar-refractivity contribution in [2.45, 2.75) is 6.54 Å². The van der Waals surface area contributed by atoms with Gasteiger partial charge in [-0.1, -0.05) is 12.1 Å². The van der Waals surface area contributed by atoms with E-state index in [2.05, 4.69) is 9.97 Å². The Kier molecular flexibility index (Phi) is 2.70. The molecule has 2 amide bonds. The van der Waals surface area contributed by atoms with Gasteiger partial charge in [0.1, 0.15) is 4.83 Å². The topological polar surface area (TPSA) is 83.1 Å². The molecule has 1 N–H and O–H groups in total. The van der Waals surface area contributed by atoms with Crippen LogP contribution in [0.15, 0.2) is 41.5 Å². The van der Waals surface area contributed by atoms with Crippen LogP contribution in [0.3, 0.4) is 0 Å². The molecular formula is C15H9N3O3S. The van der Waals surface area contributed by atoms with Gasteiger partial charge in [-0.3, -0.25) is 19.3 Å². The zero-order valence-electron chi connectivity index (χ0n) is 11.2. The number of aromatic amines is 1. The second-order valence-corrected chi connectivity index (χ2v) is 6.02. The van der Waals surface area contributed by atoms with E-state index < -0.39 is 0 Å². The predicted molar refractivity (Wildman–Crippen MR) is 80.9 cm³/mol. The quantitative estimate of drug-likeness (QED) is 0.731. The molecule has 1 aromatic carbocycles. The number of carbonyl (C=O) groups excluding carboxylic acids is 2. The second kappa shape index (κ2) is 4.60. The van der Waals surface area contributed by atoms with Crippen LogP contribution >= 0.6 is 11.3 Å². The Balaban J connectivity index is 1.72. The van der Waals surface area contributed by atoms with Gasteiger partial charge in [0.25, 0.3) is 17.4 Å². The van der Waals surface area contributed by atoms with E-state index in [1.165, 1.54) is 22.6 Å². The first-order chi connectivity index (χ1) is 10.6. The lowest BCUT2D eigenvalue weighted by Gasteiger charge is -2.11. The fourth-order valence-corrected chi connectivity index (χ4v) is 3.52. The SMILES string of the molecule is O=C1c2ccccc2C(=O)N1Cc1cc2c(=O)[nH]cnc2s1. The molecule has 0 aliphatic carbocycles. The Hall–Kier alpha value is -2.80. The highest BCUT2D eigenvalue weighted by Gasteiger charge is 2.35. The molecule has 108 valence electrons. The van der Waals surface area contributed by atoms with E-state index in [-0.39, 0.29) is 23.9 Å². The van der Waals surface area contributed by atoms with E-state index in [1.54, 1.807) is 30.3 Å². The molecule has 6 nitrogen and oxygen atoms in total. The minimum atomic E-state index is -0.306. The number of hydrogen-bond acceptors (Lipinski definition) is 5. The number of H-pyrrole nitrogens is 1. The maximum atomic E-state index is 12.3. The summed E-state index contributed by atoms with van der Waals surface area (Å²) in [6.07, 6.45) is 1.34. The number of rotatable bonds is 2. The minimum Gasteiger partial charge on any atom is -0.313 e. The van der Waals surface area contributed by atoms with Crippen LogP contribution in [-0.4, -0.2) is 26.7 Å². The molecule has 0 atom stereocenters. The molecule has 0 unspecified atom stereocenters. The molecule has 1 aliphatic heterocycles. The fraction of sp³-hybridized carbons (Fsp3) is 0.0667. The summed E-state index contributed by atoms with van der Waals surface area (Å²) in [6.45, 7) is 0.146. The van der Waals surface area contributed by atoms with Gasteiger partial charge in [-0.25, -0.2) is 4.98 Å². The number of nitrogens with zero attached hydrogens (tertiary/aromatic N) is 2. The van der Waals surface area contributed by atoms with Gasteiger partial charge in [0.2, 0.25) is 0 Å². The summed E-state index contributed by atoms with van der Waals surface area (Å²) in [5, 5.41) is 0.471. The number of imide groups is 1. The van der Waals surface area contributed by atoms with Crippen molar-refractivity contribution >= 4 is 33.4 Å². The molecule has 0 bridgehead atoms. The third-order valence-electron chi connectivity index (χ3n) is 3.58. The molecule has 1 aliphatic rings. The van der Waals surface area contributed by atoms with Gasteiger partial charge in [-0.15, -0.1) is 11.3 Å². The summed E-state index contributed by atoms with van der Waals surface area (Å²) in [5.41, 5.74) is 0.615. The van der Waals surface area contributed by atoms with Gasteiger partial charge in [0.15, 0.2) is 0 Å². The van der Waals surface area contributed by atoms with Gasteiger partial charge >= 0.3 is 0 Å². The number of thiophene rings is 1. The Labute approximate surface area is 128 Å². The third-order valence-corrected chi connectivity index (χ3v) is 4.61. The average Bonchev–Trinajstić information content (AvgIpc) is 3.04. The number of benzene rings is 1. The average molecular weight is 311 g/mol. The standard InChI is InChI=1S/C15H9N3O3S/c19-12-11-5-8(22-13(11)17-7-16-12)6-18-14(20)9-3-1-2-4-10(9)15(18)21/h1-5,7H,6H2,(H,16,17,19). The highest BCUT2D eigenvalue weighted by Crippen LogP contribution is 2.27. The summed E-state index contributed by atoms with van der Waals surface area (Å²) >= 11 is 1.30. The number of amides is 2. The highest BCUT2D eigenvalue weighted by atomic mass is 32.1. The minimum absolute atomic E-state index is 0.146. The normalized spacial score (nSPS) is 13.9. The zero-order chi connectivity index (χ0) is 15.3. The maximum Gasteiger partial charge on any atom is 0.261 e. The van der Waals surface area contributed by atoms with Crippen LogP contribution in [0.2, 0.25) is 0 Å². The molecule has 3 heterocycles. The maximum absolute atomic E-state index is 12.3. The van der Waals surface area contributed by atoms with Crippen molar-refractivity contribution in [2.75, 3.05) is 0 Å². The zero-order valence-corrected chi connectivity index (χ0v) is 12.0. The van der Waals surface area contributed by atoms with Gasteiger partial charge in [-0.2, -0.15) is 0 Å². The van der Waals surface area contributed by atoms with E-state index >= 15 is 0 Å². The van der Waals surface area contributed by atoms with Crippen LogP contribution in [0.5, 0.6) is 0 Å². The van der Waals surface area contributed by atoms with Crippen LogP contribution in [0.25, 0.3) is 10.2 Å². The lowest BCUT2D eigenvalue weighted by molar-refractivity contribution is 0.0644. The molecular weight excluding hydrogens is 302 g/mol. The van der Waals surface area contributed by atoms with Crippen LogP contribution in [0.1, 0.15) is 25.6 Å². The Morgan fingerprint density at radius 2 is 1.77 bits per heavy atom. The first-order valence-electron chi connectivity index (χ1n) is 6.56. The largest absolute Gasteiger partial charge is 0.313 e. The molecule has 0 spiro atoms. The molecule has 0 saturated heterocycles. The smallest absolute Gasteiger partial charge is 0.261 e. The van der Waals surface area contributed by atoms with Crippen LogP contribution in [-0.2, 0) is 6.54 Å². The highest BCUT2D eigenvalue weighted by molar-refractivity contribution is 7.18. The van der Waals surface area contributed by atoms with Crippen LogP contribution < -0.4 is 5.56 Å². The summed E-state index contributed by atoms with van der Waals surface area (Å²) in [4.78, 5) is 45.5. The van der Waals surface area contributed by atoms with E-state index in [9.17, 15) is 14.4 Å². The second-order valence-electron chi connectivity index (χ2n) is 4.91. The fourth-order valence-electron chi connectivity index (χ4n) is 2.53. The number of nitrogens with one attached hydrogen (secondary N) is 1. The molecule has 3 aromatic rings. The van der Waals surface area contributed by atoms with Crippen LogP contribution in [0.4, 0.5) is 0 Å². The van der Waals surface area contributed by atoms with E-state index in [1.807, 2.05) is 0 Å². The molecule has 0 saturated carbocycles. The molecule has 0 fully saturated rings. The van der Waals surface area contributed by atoms with Gasteiger partial charge < -0.3 is 4.98 Å². The predicted octanol–water partition coefficient (Wildman–Crippen LogP) is 1.78. The summed E-state index contributed by atoms with van der Waals surface area (Å²) < 4.78 is 0. The molecule has 2 aromatic heterocycles. The number of carbonyl (C=O) groups is 2. The molecule has 22 heavy (non-hydrogen) atoms. The monoisotopic (exact) mass is 311 g/mol. The van der Waals surface area contributed by atoms with Gasteiger partial charge in [0, 0.05) is 4.88 Å². The van der Waals surface area contributed by atoms with Crippen molar-refractivity contribution in [1.29, 1.82) is 0 Å². The van der Waals surface area contributed by atoms with Crippen molar-refractivity contribution < 1.29 is 9.59 Å². The summed E-state index contributed by atoms with van der Waals surface area (Å²) in [7, 11) is 0. The number of fused-ring (bicyclic) bond motifs is 2. The lowest BCUT2D eigenvalue weighted by atomic mass is 10.1. The van der Waals surface area contributed by atoms with Crippen LogP contribution in [0, 0.1) is 0 Å².